The van der Waals surface area contributed by atoms with Crippen LogP contribution < -0.4 is 4.74 Å². The molecule has 2 heterocycles. The summed E-state index contributed by atoms with van der Waals surface area (Å²) in [6.07, 6.45) is 0.0130. The van der Waals surface area contributed by atoms with Crippen LogP contribution in [0.25, 0.3) is 5.76 Å². The lowest BCUT2D eigenvalue weighted by molar-refractivity contribution is -0.140. The Morgan fingerprint density at radius 3 is 2.47 bits per heavy atom. The normalized spacial score (nSPS) is 20.8. The second-order valence-electron chi connectivity index (χ2n) is 8.69. The molecule has 4 rings (SSSR count). The van der Waals surface area contributed by atoms with Crippen LogP contribution in [0.15, 0.2) is 54.1 Å². The third-order valence-electron chi connectivity index (χ3n) is 5.96. The van der Waals surface area contributed by atoms with Gasteiger partial charge in [0.25, 0.3) is 11.7 Å². The van der Waals surface area contributed by atoms with Crippen LogP contribution in [0.4, 0.5) is 0 Å². The molecule has 2 aromatic carbocycles. The van der Waals surface area contributed by atoms with E-state index in [4.69, 9.17) is 21.1 Å². The van der Waals surface area contributed by atoms with Crippen LogP contribution in [-0.4, -0.2) is 72.1 Å². The van der Waals surface area contributed by atoms with Gasteiger partial charge in [-0.25, -0.2) is 0 Å². The predicted molar refractivity (Wildman–Crippen MR) is 130 cm³/mol. The zero-order valence-electron chi connectivity index (χ0n) is 19.4. The fourth-order valence-electron chi connectivity index (χ4n) is 4.33. The fraction of sp³-hybridized carbons (Fsp3) is 0.385. The topological polar surface area (TPSA) is 79.3 Å². The maximum Gasteiger partial charge on any atom is 0.295 e. The van der Waals surface area contributed by atoms with Crippen LogP contribution in [-0.2, 0) is 14.3 Å². The summed E-state index contributed by atoms with van der Waals surface area (Å²) in [5, 5.41) is 11.7. The minimum Gasteiger partial charge on any atom is -0.507 e. The lowest BCUT2D eigenvalue weighted by atomic mass is 9.95. The van der Waals surface area contributed by atoms with Crippen molar-refractivity contribution in [1.29, 1.82) is 0 Å². The molecule has 1 amide bonds. The number of ketones is 1. The van der Waals surface area contributed by atoms with E-state index in [9.17, 15) is 14.7 Å². The highest BCUT2D eigenvalue weighted by molar-refractivity contribution is 6.46. The number of nitrogens with zero attached hydrogens (tertiary/aromatic N) is 2. The highest BCUT2D eigenvalue weighted by atomic mass is 35.5. The molecular formula is C26H29ClN2O5. The number of carbonyl (C=O) groups excluding carboxylic acids is 2. The van der Waals surface area contributed by atoms with Gasteiger partial charge in [-0.2, -0.15) is 0 Å². The summed E-state index contributed by atoms with van der Waals surface area (Å²) in [6.45, 7) is 7.65. The summed E-state index contributed by atoms with van der Waals surface area (Å²) >= 11 is 6.24. The van der Waals surface area contributed by atoms with Gasteiger partial charge < -0.3 is 19.5 Å². The van der Waals surface area contributed by atoms with Crippen molar-refractivity contribution in [3.05, 3.63) is 70.3 Å². The molecular weight excluding hydrogens is 456 g/mol. The number of aliphatic hydroxyl groups is 1. The summed E-state index contributed by atoms with van der Waals surface area (Å²) in [7, 11) is 0. The third kappa shape index (κ3) is 5.27. The summed E-state index contributed by atoms with van der Waals surface area (Å²) in [5.41, 5.74) is 1.18. The number of benzene rings is 2. The Hall–Kier alpha value is -2.87. The summed E-state index contributed by atoms with van der Waals surface area (Å²) in [6, 6.07) is 13.2. The van der Waals surface area contributed by atoms with Crippen LogP contribution in [0.3, 0.4) is 0 Å². The largest absolute Gasteiger partial charge is 0.507 e. The first-order valence-electron chi connectivity index (χ1n) is 11.5. The van der Waals surface area contributed by atoms with E-state index < -0.39 is 17.7 Å². The molecule has 2 aliphatic heterocycles. The van der Waals surface area contributed by atoms with Crippen LogP contribution in [0.2, 0.25) is 5.02 Å². The minimum absolute atomic E-state index is 0.0130. The van der Waals surface area contributed by atoms with E-state index in [2.05, 4.69) is 4.90 Å². The van der Waals surface area contributed by atoms with Gasteiger partial charge in [0.05, 0.1) is 30.9 Å². The number of Topliss-reactive ketones (excluding diaryl/α,β-unsaturated/α-hetero) is 1. The van der Waals surface area contributed by atoms with Crippen molar-refractivity contribution in [2.24, 2.45) is 0 Å². The van der Waals surface area contributed by atoms with E-state index >= 15 is 0 Å². The van der Waals surface area contributed by atoms with Gasteiger partial charge in [-0.15, -0.1) is 0 Å². The molecule has 0 aromatic heterocycles. The number of hydrogen-bond acceptors (Lipinski definition) is 6. The van der Waals surface area contributed by atoms with E-state index in [-0.39, 0.29) is 17.4 Å². The van der Waals surface area contributed by atoms with Crippen molar-refractivity contribution in [1.82, 2.24) is 9.80 Å². The lowest BCUT2D eigenvalue weighted by Crippen LogP contribution is -2.42. The van der Waals surface area contributed by atoms with E-state index in [0.717, 1.165) is 13.1 Å². The van der Waals surface area contributed by atoms with Crippen molar-refractivity contribution >= 4 is 29.1 Å². The maximum absolute atomic E-state index is 13.2. The molecule has 180 valence electrons. The van der Waals surface area contributed by atoms with Gasteiger partial charge in [-0.3, -0.25) is 14.5 Å². The number of ether oxygens (including phenoxy) is 2. The SMILES string of the molecule is CC(C)Oc1ccc(/C(O)=C2\C(=O)C(=O)N(CCN3CCOCC3)[C@@H]2c2cccc(Cl)c2)cc1. The number of likely N-dealkylation sites (tertiary alicyclic amines) is 1. The van der Waals surface area contributed by atoms with Gasteiger partial charge in [-0.1, -0.05) is 23.7 Å². The van der Waals surface area contributed by atoms with Gasteiger partial charge in [-0.05, 0) is 55.8 Å². The molecule has 0 unspecified atom stereocenters. The molecule has 2 aromatic rings. The fourth-order valence-corrected chi connectivity index (χ4v) is 4.53. The molecule has 0 saturated carbocycles. The Kier molecular flexibility index (Phi) is 7.56. The van der Waals surface area contributed by atoms with Gasteiger partial charge in [0.2, 0.25) is 0 Å². The molecule has 8 heteroatoms. The number of amides is 1. The highest BCUT2D eigenvalue weighted by Crippen LogP contribution is 2.40. The van der Waals surface area contributed by atoms with Crippen molar-refractivity contribution in [3.8, 4) is 5.75 Å². The minimum atomic E-state index is -0.730. The van der Waals surface area contributed by atoms with Gasteiger partial charge >= 0.3 is 0 Å². The molecule has 7 nitrogen and oxygen atoms in total. The number of hydrogen-bond donors (Lipinski definition) is 1. The van der Waals surface area contributed by atoms with Crippen LogP contribution >= 0.6 is 11.6 Å². The first kappa shape index (κ1) is 24.3. The molecule has 1 atom stereocenters. The zero-order valence-corrected chi connectivity index (χ0v) is 20.1. The Morgan fingerprint density at radius 1 is 1.12 bits per heavy atom. The average molecular weight is 485 g/mol. The van der Waals surface area contributed by atoms with E-state index in [1.165, 1.54) is 4.90 Å². The number of morpholine rings is 1. The van der Waals surface area contributed by atoms with Crippen LogP contribution in [0.5, 0.6) is 5.75 Å². The van der Waals surface area contributed by atoms with E-state index in [0.29, 0.717) is 48.2 Å². The van der Waals surface area contributed by atoms with Gasteiger partial charge in [0, 0.05) is 36.8 Å². The molecule has 1 N–H and O–H groups in total. The highest BCUT2D eigenvalue weighted by Gasteiger charge is 2.46. The predicted octanol–water partition coefficient (Wildman–Crippen LogP) is 3.88. The summed E-state index contributed by atoms with van der Waals surface area (Å²) in [4.78, 5) is 30.0. The van der Waals surface area contributed by atoms with Crippen molar-refractivity contribution < 1.29 is 24.2 Å². The Balaban J connectivity index is 1.70. The van der Waals surface area contributed by atoms with Crippen molar-refractivity contribution in [2.75, 3.05) is 39.4 Å². The first-order chi connectivity index (χ1) is 16.3. The summed E-state index contributed by atoms with van der Waals surface area (Å²) < 4.78 is 11.1. The monoisotopic (exact) mass is 484 g/mol. The zero-order chi connectivity index (χ0) is 24.2. The number of carbonyl (C=O) groups is 2. The van der Waals surface area contributed by atoms with E-state index in [1.54, 1.807) is 42.5 Å². The molecule has 2 aliphatic rings. The van der Waals surface area contributed by atoms with Crippen molar-refractivity contribution in [3.63, 3.8) is 0 Å². The second kappa shape index (κ2) is 10.6. The summed E-state index contributed by atoms with van der Waals surface area (Å²) in [5.74, 6) is -0.885. The van der Waals surface area contributed by atoms with Crippen molar-refractivity contribution in [2.45, 2.75) is 26.0 Å². The Labute approximate surface area is 204 Å². The van der Waals surface area contributed by atoms with Crippen LogP contribution in [0, 0.1) is 0 Å². The molecule has 0 spiro atoms. The number of aliphatic hydroxyl groups excluding tert-OH is 1. The lowest BCUT2D eigenvalue weighted by Gasteiger charge is -2.31. The number of halogens is 1. The standard InChI is InChI=1S/C26H29ClN2O5/c1-17(2)34-21-8-6-18(7-9-21)24(30)22-23(19-4-3-5-20(27)16-19)29(26(32)25(22)31)11-10-28-12-14-33-15-13-28/h3-9,16-17,23,30H,10-15H2,1-2H3/b24-22+/t23-/m1/s1. The smallest absolute Gasteiger partial charge is 0.295 e. The quantitative estimate of drug-likeness (QED) is 0.365. The van der Waals surface area contributed by atoms with Gasteiger partial charge in [0.1, 0.15) is 11.5 Å². The molecule has 34 heavy (non-hydrogen) atoms. The Morgan fingerprint density at radius 2 is 1.82 bits per heavy atom. The molecule has 2 fully saturated rings. The second-order valence-corrected chi connectivity index (χ2v) is 9.13. The Bertz CT molecular complexity index is 1080. The first-order valence-corrected chi connectivity index (χ1v) is 11.8. The van der Waals surface area contributed by atoms with Crippen LogP contribution in [0.1, 0.15) is 31.0 Å². The molecule has 0 aliphatic carbocycles. The third-order valence-corrected chi connectivity index (χ3v) is 6.20. The molecule has 0 bridgehead atoms. The maximum atomic E-state index is 13.2. The van der Waals surface area contributed by atoms with Gasteiger partial charge in [0.15, 0.2) is 0 Å². The average Bonchev–Trinajstić information content (AvgIpc) is 3.08. The number of rotatable bonds is 7. The van der Waals surface area contributed by atoms with E-state index in [1.807, 2.05) is 19.9 Å². The molecule has 2 saturated heterocycles. The molecule has 0 radical (unpaired) electrons.